The molecule has 1 amide bonds. The average molecular weight is 263 g/mol. The van der Waals surface area contributed by atoms with Crippen molar-refractivity contribution in [3.8, 4) is 0 Å². The van der Waals surface area contributed by atoms with Crippen molar-refractivity contribution in [3.05, 3.63) is 35.3 Å². The van der Waals surface area contributed by atoms with Crippen LogP contribution in [0.15, 0.2) is 22.6 Å². The second-order valence-corrected chi connectivity index (χ2v) is 5.39. The summed E-state index contributed by atoms with van der Waals surface area (Å²) in [6.45, 7) is 7.66. The van der Waals surface area contributed by atoms with Gasteiger partial charge >= 0.3 is 0 Å². The Balaban J connectivity index is 2.40. The van der Waals surface area contributed by atoms with Crippen LogP contribution in [0.4, 0.5) is 4.39 Å². The van der Waals surface area contributed by atoms with Crippen molar-refractivity contribution in [1.29, 1.82) is 0 Å². The molecule has 19 heavy (non-hydrogen) atoms. The molecule has 1 aromatic carbocycles. The normalized spacial score (nSPS) is 11.8. The number of carbonyl (C=O) groups excluding carboxylic acids is 1. The van der Waals surface area contributed by atoms with Gasteiger partial charge in [0.05, 0.1) is 0 Å². The Hall–Kier alpha value is -1.84. The zero-order valence-electron chi connectivity index (χ0n) is 11.6. The van der Waals surface area contributed by atoms with Gasteiger partial charge in [0.2, 0.25) is 0 Å². The van der Waals surface area contributed by atoms with Gasteiger partial charge in [-0.15, -0.1) is 0 Å². The molecule has 0 fully saturated rings. The Morgan fingerprint density at radius 1 is 1.42 bits per heavy atom. The predicted octanol–water partition coefficient (Wildman–Crippen LogP) is 3.80. The van der Waals surface area contributed by atoms with Crippen molar-refractivity contribution in [1.82, 2.24) is 5.32 Å². The lowest BCUT2D eigenvalue weighted by atomic mass is 10.0. The number of benzene rings is 1. The van der Waals surface area contributed by atoms with E-state index in [2.05, 4.69) is 5.32 Å². The minimum absolute atomic E-state index is 0.252. The Bertz CT molecular complexity index is 628. The first kappa shape index (κ1) is 13.6. The van der Waals surface area contributed by atoms with Crippen molar-refractivity contribution in [3.63, 3.8) is 0 Å². The van der Waals surface area contributed by atoms with E-state index in [9.17, 15) is 9.18 Å². The molecule has 0 aliphatic heterocycles. The Labute approximate surface area is 111 Å². The summed E-state index contributed by atoms with van der Waals surface area (Å²) in [4.78, 5) is 12.2. The maximum absolute atomic E-state index is 13.2. The second-order valence-electron chi connectivity index (χ2n) is 5.39. The highest BCUT2D eigenvalue weighted by atomic mass is 19.1. The topological polar surface area (TPSA) is 42.2 Å². The van der Waals surface area contributed by atoms with Crippen LogP contribution in [0.5, 0.6) is 0 Å². The summed E-state index contributed by atoms with van der Waals surface area (Å²) in [7, 11) is 0. The molecule has 1 aromatic heterocycles. The van der Waals surface area contributed by atoms with Crippen LogP contribution < -0.4 is 5.32 Å². The van der Waals surface area contributed by atoms with Crippen LogP contribution >= 0.6 is 0 Å². The van der Waals surface area contributed by atoms with E-state index >= 15 is 0 Å². The number of furan rings is 1. The first-order chi connectivity index (χ1) is 8.84. The highest BCUT2D eigenvalue weighted by Crippen LogP contribution is 2.26. The van der Waals surface area contributed by atoms with Gasteiger partial charge in [-0.1, -0.05) is 6.92 Å². The van der Waals surface area contributed by atoms with Gasteiger partial charge in [-0.2, -0.15) is 0 Å². The molecule has 0 atom stereocenters. The highest BCUT2D eigenvalue weighted by molar-refractivity contribution is 5.99. The van der Waals surface area contributed by atoms with E-state index in [0.29, 0.717) is 16.5 Å². The first-order valence-corrected chi connectivity index (χ1v) is 6.35. The van der Waals surface area contributed by atoms with Gasteiger partial charge < -0.3 is 9.73 Å². The number of aryl methyl sites for hydroxylation is 1. The predicted molar refractivity (Wildman–Crippen MR) is 72.7 cm³/mol. The van der Waals surface area contributed by atoms with Crippen LogP contribution in [0.2, 0.25) is 0 Å². The van der Waals surface area contributed by atoms with Gasteiger partial charge in [-0.25, -0.2) is 4.39 Å². The molecule has 102 valence electrons. The standard InChI is InChI=1S/C15H18FNO2/c1-5-15(3,4)17-14(18)13-9(2)11-8-10(16)6-7-12(11)19-13/h6-8H,5H2,1-4H3,(H,17,18). The zero-order chi connectivity index (χ0) is 14.2. The van der Waals surface area contributed by atoms with Crippen molar-refractivity contribution in [2.45, 2.75) is 39.7 Å². The number of hydrogen-bond acceptors (Lipinski definition) is 2. The van der Waals surface area contributed by atoms with Gasteiger partial charge in [-0.3, -0.25) is 4.79 Å². The molecule has 2 rings (SSSR count). The molecule has 0 unspecified atom stereocenters. The summed E-state index contributed by atoms with van der Waals surface area (Å²) < 4.78 is 18.7. The maximum Gasteiger partial charge on any atom is 0.287 e. The van der Waals surface area contributed by atoms with Crippen molar-refractivity contribution < 1.29 is 13.6 Å². The third-order valence-corrected chi connectivity index (χ3v) is 3.44. The number of halogens is 1. The number of carbonyl (C=O) groups is 1. The van der Waals surface area contributed by atoms with E-state index in [4.69, 9.17) is 4.42 Å². The van der Waals surface area contributed by atoms with Crippen LogP contribution in [0.25, 0.3) is 11.0 Å². The summed E-state index contributed by atoms with van der Waals surface area (Å²) in [6.07, 6.45) is 0.812. The summed E-state index contributed by atoms with van der Waals surface area (Å²) >= 11 is 0. The van der Waals surface area contributed by atoms with E-state index in [1.54, 1.807) is 13.0 Å². The molecule has 2 aromatic rings. The summed E-state index contributed by atoms with van der Waals surface area (Å²) in [5.41, 5.74) is 0.894. The lowest BCUT2D eigenvalue weighted by Gasteiger charge is -2.23. The molecular weight excluding hydrogens is 245 g/mol. The fourth-order valence-corrected chi connectivity index (χ4v) is 1.86. The summed E-state index contributed by atoms with van der Waals surface area (Å²) in [6, 6.07) is 4.25. The van der Waals surface area contributed by atoms with Crippen molar-refractivity contribution >= 4 is 16.9 Å². The molecule has 0 saturated heterocycles. The average Bonchev–Trinajstić information content (AvgIpc) is 2.66. The third kappa shape index (κ3) is 2.62. The molecule has 0 radical (unpaired) electrons. The number of amides is 1. The minimum Gasteiger partial charge on any atom is -0.451 e. The molecule has 1 N–H and O–H groups in total. The molecule has 0 aliphatic carbocycles. The number of fused-ring (bicyclic) bond motifs is 1. The Kier molecular flexibility index (Phi) is 3.35. The fourth-order valence-electron chi connectivity index (χ4n) is 1.86. The summed E-state index contributed by atoms with van der Waals surface area (Å²) in [5.74, 6) is -0.347. The summed E-state index contributed by atoms with van der Waals surface area (Å²) in [5, 5.41) is 3.55. The van der Waals surface area contributed by atoms with Gasteiger partial charge in [0.25, 0.3) is 5.91 Å². The Morgan fingerprint density at radius 2 is 2.11 bits per heavy atom. The monoisotopic (exact) mass is 263 g/mol. The quantitative estimate of drug-likeness (QED) is 0.915. The van der Waals surface area contributed by atoms with E-state index in [0.717, 1.165) is 6.42 Å². The molecular formula is C15H18FNO2. The lowest BCUT2D eigenvalue weighted by Crippen LogP contribution is -2.42. The van der Waals surface area contributed by atoms with Crippen LogP contribution in [0, 0.1) is 12.7 Å². The zero-order valence-corrected chi connectivity index (χ0v) is 11.6. The molecule has 0 saturated carbocycles. The van der Waals surface area contributed by atoms with E-state index in [1.807, 2.05) is 20.8 Å². The number of hydrogen-bond donors (Lipinski definition) is 1. The molecule has 0 aliphatic rings. The van der Waals surface area contributed by atoms with Crippen molar-refractivity contribution in [2.75, 3.05) is 0 Å². The van der Waals surface area contributed by atoms with Crippen LogP contribution in [0.1, 0.15) is 43.3 Å². The van der Waals surface area contributed by atoms with E-state index < -0.39 is 0 Å². The SMILES string of the molecule is CCC(C)(C)NC(=O)c1oc2ccc(F)cc2c1C. The molecule has 0 spiro atoms. The maximum atomic E-state index is 13.2. The van der Waals surface area contributed by atoms with Gasteiger partial charge in [0.15, 0.2) is 5.76 Å². The van der Waals surface area contributed by atoms with Crippen LogP contribution in [-0.2, 0) is 0 Å². The minimum atomic E-state index is -0.336. The molecule has 3 nitrogen and oxygen atoms in total. The number of rotatable bonds is 3. The van der Waals surface area contributed by atoms with E-state index in [-0.39, 0.29) is 23.0 Å². The molecule has 0 bridgehead atoms. The lowest BCUT2D eigenvalue weighted by molar-refractivity contribution is 0.0884. The largest absolute Gasteiger partial charge is 0.451 e. The smallest absolute Gasteiger partial charge is 0.287 e. The van der Waals surface area contributed by atoms with E-state index in [1.165, 1.54) is 12.1 Å². The van der Waals surface area contributed by atoms with Gasteiger partial charge in [0, 0.05) is 16.5 Å². The Morgan fingerprint density at radius 3 is 2.74 bits per heavy atom. The fraction of sp³-hybridized carbons (Fsp3) is 0.400. The first-order valence-electron chi connectivity index (χ1n) is 6.35. The highest BCUT2D eigenvalue weighted by Gasteiger charge is 2.23. The van der Waals surface area contributed by atoms with Crippen LogP contribution in [-0.4, -0.2) is 11.4 Å². The number of nitrogens with one attached hydrogen (secondary N) is 1. The second kappa shape index (κ2) is 4.68. The molecule has 4 heteroatoms. The van der Waals surface area contributed by atoms with Crippen molar-refractivity contribution in [2.24, 2.45) is 0 Å². The van der Waals surface area contributed by atoms with Crippen LogP contribution in [0.3, 0.4) is 0 Å². The molecule has 1 heterocycles. The third-order valence-electron chi connectivity index (χ3n) is 3.44. The van der Waals surface area contributed by atoms with Gasteiger partial charge in [-0.05, 0) is 45.4 Å². The van der Waals surface area contributed by atoms with Gasteiger partial charge in [0.1, 0.15) is 11.4 Å².